The van der Waals surface area contributed by atoms with Crippen LogP contribution in [0.2, 0.25) is 0 Å². The van der Waals surface area contributed by atoms with Crippen LogP contribution >= 0.6 is 27.3 Å². The molecule has 0 bridgehead atoms. The highest BCUT2D eigenvalue weighted by molar-refractivity contribution is 9.11. The molecule has 1 saturated heterocycles. The number of rotatable bonds is 3. The third-order valence-corrected chi connectivity index (χ3v) is 4.31. The molecular formula is C10H16BrN3S. The lowest BCUT2D eigenvalue weighted by atomic mass is 10.2. The van der Waals surface area contributed by atoms with E-state index in [4.69, 9.17) is 0 Å². The summed E-state index contributed by atoms with van der Waals surface area (Å²) in [5.41, 5.74) is 0. The summed E-state index contributed by atoms with van der Waals surface area (Å²) in [7, 11) is 2.19. The predicted molar refractivity (Wildman–Crippen MR) is 69.8 cm³/mol. The molecule has 1 atom stereocenters. The van der Waals surface area contributed by atoms with Crippen LogP contribution in [0.5, 0.6) is 0 Å². The maximum atomic E-state index is 3.47. The van der Waals surface area contributed by atoms with E-state index in [0.29, 0.717) is 6.04 Å². The van der Waals surface area contributed by atoms with Gasteiger partial charge in [-0.1, -0.05) is 0 Å². The van der Waals surface area contributed by atoms with Gasteiger partial charge in [0.15, 0.2) is 0 Å². The Morgan fingerprint density at radius 1 is 1.67 bits per heavy atom. The topological polar surface area (TPSA) is 27.3 Å². The maximum Gasteiger partial charge on any atom is 0.0894 e. The number of nitrogens with one attached hydrogen (secondary N) is 2. The van der Waals surface area contributed by atoms with E-state index in [2.05, 4.69) is 50.6 Å². The van der Waals surface area contributed by atoms with E-state index in [-0.39, 0.29) is 0 Å². The first-order chi connectivity index (χ1) is 7.25. The third kappa shape index (κ3) is 3.17. The standard InChI is InChI=1S/C10H16BrN3S/c1-14-5-4-12-6-8(14)7-13-10-3-2-9(11)15-10/h2-3,8,12-13H,4-7H2,1H3. The van der Waals surface area contributed by atoms with Gasteiger partial charge >= 0.3 is 0 Å². The van der Waals surface area contributed by atoms with Crippen molar-refractivity contribution in [3.8, 4) is 0 Å². The molecule has 0 aliphatic carbocycles. The summed E-state index contributed by atoms with van der Waals surface area (Å²) >= 11 is 5.21. The quantitative estimate of drug-likeness (QED) is 0.889. The molecule has 1 aromatic heterocycles. The second-order valence-corrected chi connectivity index (χ2v) is 6.29. The molecule has 84 valence electrons. The number of halogens is 1. The first-order valence-electron chi connectivity index (χ1n) is 5.16. The molecule has 0 amide bonds. The predicted octanol–water partition coefficient (Wildman–Crippen LogP) is 1.83. The van der Waals surface area contributed by atoms with Gasteiger partial charge in [0.25, 0.3) is 0 Å². The van der Waals surface area contributed by atoms with Gasteiger partial charge in [-0.3, -0.25) is 4.90 Å². The van der Waals surface area contributed by atoms with E-state index >= 15 is 0 Å². The molecule has 1 fully saturated rings. The summed E-state index contributed by atoms with van der Waals surface area (Å²) in [5.74, 6) is 0. The lowest BCUT2D eigenvalue weighted by Crippen LogP contribution is -2.52. The molecular weight excluding hydrogens is 274 g/mol. The van der Waals surface area contributed by atoms with E-state index in [1.807, 2.05) is 0 Å². The summed E-state index contributed by atoms with van der Waals surface area (Å²) in [6.45, 7) is 4.34. The van der Waals surface area contributed by atoms with Crippen molar-refractivity contribution in [1.29, 1.82) is 0 Å². The van der Waals surface area contributed by atoms with Gasteiger partial charge in [-0.05, 0) is 35.1 Å². The molecule has 2 N–H and O–H groups in total. The van der Waals surface area contributed by atoms with Crippen LogP contribution in [0.1, 0.15) is 0 Å². The van der Waals surface area contributed by atoms with Crippen LogP contribution in [0.15, 0.2) is 15.9 Å². The van der Waals surface area contributed by atoms with Crippen molar-refractivity contribution in [2.75, 3.05) is 38.5 Å². The van der Waals surface area contributed by atoms with E-state index in [9.17, 15) is 0 Å². The number of piperazine rings is 1. The lowest BCUT2D eigenvalue weighted by Gasteiger charge is -2.33. The molecule has 2 heterocycles. The highest BCUT2D eigenvalue weighted by Gasteiger charge is 2.17. The van der Waals surface area contributed by atoms with Crippen molar-refractivity contribution in [1.82, 2.24) is 10.2 Å². The van der Waals surface area contributed by atoms with Crippen LogP contribution in [0.25, 0.3) is 0 Å². The van der Waals surface area contributed by atoms with Crippen LogP contribution in [0.4, 0.5) is 5.00 Å². The molecule has 15 heavy (non-hydrogen) atoms. The Morgan fingerprint density at radius 2 is 2.53 bits per heavy atom. The second-order valence-electron chi connectivity index (χ2n) is 3.82. The minimum absolute atomic E-state index is 0.597. The minimum atomic E-state index is 0.597. The molecule has 1 unspecified atom stereocenters. The molecule has 0 aromatic carbocycles. The van der Waals surface area contributed by atoms with Crippen molar-refractivity contribution in [3.63, 3.8) is 0 Å². The Kier molecular flexibility index (Phi) is 4.02. The second kappa shape index (κ2) is 5.30. The minimum Gasteiger partial charge on any atom is -0.375 e. The molecule has 2 rings (SSSR count). The van der Waals surface area contributed by atoms with Crippen molar-refractivity contribution in [2.24, 2.45) is 0 Å². The zero-order valence-electron chi connectivity index (χ0n) is 8.79. The van der Waals surface area contributed by atoms with E-state index < -0.39 is 0 Å². The fraction of sp³-hybridized carbons (Fsp3) is 0.600. The molecule has 3 nitrogen and oxygen atoms in total. The number of hydrogen-bond donors (Lipinski definition) is 2. The zero-order valence-corrected chi connectivity index (χ0v) is 11.2. The molecule has 0 saturated carbocycles. The van der Waals surface area contributed by atoms with E-state index in [1.165, 1.54) is 8.79 Å². The molecule has 0 spiro atoms. The summed E-state index contributed by atoms with van der Waals surface area (Å²) in [5, 5.41) is 8.13. The number of thiophene rings is 1. The molecule has 1 aliphatic rings. The Balaban J connectivity index is 1.81. The summed E-state index contributed by atoms with van der Waals surface area (Å²) < 4.78 is 1.18. The van der Waals surface area contributed by atoms with E-state index in [0.717, 1.165) is 26.2 Å². The van der Waals surface area contributed by atoms with Gasteiger partial charge in [-0.15, -0.1) is 11.3 Å². The Labute approximate surface area is 103 Å². The van der Waals surface area contributed by atoms with Gasteiger partial charge in [-0.25, -0.2) is 0 Å². The van der Waals surface area contributed by atoms with Crippen LogP contribution in [-0.4, -0.2) is 44.2 Å². The van der Waals surface area contributed by atoms with Crippen molar-refractivity contribution in [3.05, 3.63) is 15.9 Å². The summed E-state index contributed by atoms with van der Waals surface area (Å²) in [6.07, 6.45) is 0. The molecule has 1 aromatic rings. The number of likely N-dealkylation sites (N-methyl/N-ethyl adjacent to an activating group) is 1. The Bertz CT molecular complexity index is 315. The highest BCUT2D eigenvalue weighted by Crippen LogP contribution is 2.26. The Morgan fingerprint density at radius 3 is 3.20 bits per heavy atom. The number of hydrogen-bond acceptors (Lipinski definition) is 4. The smallest absolute Gasteiger partial charge is 0.0894 e. The first kappa shape index (κ1) is 11.4. The lowest BCUT2D eigenvalue weighted by molar-refractivity contribution is 0.209. The van der Waals surface area contributed by atoms with Gasteiger partial charge in [-0.2, -0.15) is 0 Å². The summed E-state index contributed by atoms with van der Waals surface area (Å²) in [6, 6.07) is 4.79. The highest BCUT2D eigenvalue weighted by atomic mass is 79.9. The third-order valence-electron chi connectivity index (χ3n) is 2.73. The number of nitrogens with zero attached hydrogens (tertiary/aromatic N) is 1. The van der Waals surface area contributed by atoms with Gasteiger partial charge in [0.1, 0.15) is 0 Å². The van der Waals surface area contributed by atoms with Crippen molar-refractivity contribution in [2.45, 2.75) is 6.04 Å². The van der Waals surface area contributed by atoms with Gasteiger partial charge in [0.2, 0.25) is 0 Å². The van der Waals surface area contributed by atoms with Gasteiger partial charge in [0.05, 0.1) is 8.79 Å². The monoisotopic (exact) mass is 289 g/mol. The first-order valence-corrected chi connectivity index (χ1v) is 6.77. The maximum absolute atomic E-state index is 3.47. The van der Waals surface area contributed by atoms with Gasteiger partial charge < -0.3 is 10.6 Å². The van der Waals surface area contributed by atoms with Crippen LogP contribution in [0, 0.1) is 0 Å². The van der Waals surface area contributed by atoms with Crippen LogP contribution < -0.4 is 10.6 Å². The average molecular weight is 290 g/mol. The molecule has 0 radical (unpaired) electrons. The fourth-order valence-electron chi connectivity index (χ4n) is 1.72. The molecule has 1 aliphatic heterocycles. The van der Waals surface area contributed by atoms with Crippen molar-refractivity contribution < 1.29 is 0 Å². The largest absolute Gasteiger partial charge is 0.375 e. The van der Waals surface area contributed by atoms with Gasteiger partial charge in [0, 0.05) is 32.2 Å². The average Bonchev–Trinajstić information content (AvgIpc) is 2.63. The Hall–Kier alpha value is -0.100. The van der Waals surface area contributed by atoms with Crippen LogP contribution in [0.3, 0.4) is 0 Å². The summed E-state index contributed by atoms with van der Waals surface area (Å²) in [4.78, 5) is 2.41. The number of anilines is 1. The molecule has 5 heteroatoms. The van der Waals surface area contributed by atoms with Crippen LogP contribution in [-0.2, 0) is 0 Å². The fourth-order valence-corrected chi connectivity index (χ4v) is 3.01. The van der Waals surface area contributed by atoms with E-state index in [1.54, 1.807) is 11.3 Å². The van der Waals surface area contributed by atoms with Crippen molar-refractivity contribution >= 4 is 32.3 Å². The SMILES string of the molecule is CN1CCNCC1CNc1ccc(Br)s1. The zero-order chi connectivity index (χ0) is 10.7. The normalized spacial score (nSPS) is 22.9.